The van der Waals surface area contributed by atoms with Crippen LogP contribution in [-0.2, 0) is 13.0 Å². The van der Waals surface area contributed by atoms with Crippen molar-refractivity contribution in [3.63, 3.8) is 0 Å². The van der Waals surface area contributed by atoms with Gasteiger partial charge in [-0.2, -0.15) is 5.10 Å². The van der Waals surface area contributed by atoms with E-state index in [1.807, 2.05) is 16.8 Å². The molecule has 0 saturated heterocycles. The van der Waals surface area contributed by atoms with Crippen molar-refractivity contribution in [3.8, 4) is 11.3 Å². The van der Waals surface area contributed by atoms with Crippen molar-refractivity contribution in [1.82, 2.24) is 9.78 Å². The normalized spacial score (nSPS) is 13.5. The number of hydrogen-bond donors (Lipinski definition) is 0. The van der Waals surface area contributed by atoms with Crippen LogP contribution >= 0.6 is 0 Å². The monoisotopic (exact) mass is 188 g/mol. The fourth-order valence-corrected chi connectivity index (χ4v) is 2.01. The molecule has 70 valence electrons. The maximum Gasteiger partial charge on any atom is 0.132 e. The van der Waals surface area contributed by atoms with Gasteiger partial charge in [-0.05, 0) is 24.1 Å². The molecule has 1 aromatic carbocycles. The van der Waals surface area contributed by atoms with Gasteiger partial charge in [0.25, 0.3) is 0 Å². The van der Waals surface area contributed by atoms with Crippen molar-refractivity contribution in [2.75, 3.05) is 0 Å². The average Bonchev–Trinajstić information content (AvgIpc) is 2.65. The highest BCUT2D eigenvalue weighted by Gasteiger charge is 2.18. The zero-order valence-electron chi connectivity index (χ0n) is 7.57. The third kappa shape index (κ3) is 0.923. The van der Waals surface area contributed by atoms with E-state index >= 15 is 0 Å². The lowest BCUT2D eigenvalue weighted by atomic mass is 9.98. The predicted octanol–water partition coefficient (Wildman–Crippen LogP) is 2.25. The molecule has 0 amide bonds. The first kappa shape index (κ1) is 7.74. The number of rotatable bonds is 0. The summed E-state index contributed by atoms with van der Waals surface area (Å²) < 4.78 is 15.4. The molecular weight excluding hydrogens is 179 g/mol. The van der Waals surface area contributed by atoms with E-state index in [1.165, 1.54) is 6.07 Å². The van der Waals surface area contributed by atoms with E-state index in [9.17, 15) is 4.39 Å². The molecule has 1 aromatic heterocycles. The summed E-state index contributed by atoms with van der Waals surface area (Å²) in [5.74, 6) is -0.149. The van der Waals surface area contributed by atoms with Crippen molar-refractivity contribution >= 4 is 0 Å². The lowest BCUT2D eigenvalue weighted by molar-refractivity contribution is 0.583. The molecule has 0 unspecified atom stereocenters. The van der Waals surface area contributed by atoms with E-state index in [1.54, 1.807) is 12.3 Å². The number of nitrogens with zero attached hydrogens (tertiary/aromatic N) is 2. The van der Waals surface area contributed by atoms with Crippen molar-refractivity contribution < 1.29 is 4.39 Å². The van der Waals surface area contributed by atoms with Crippen molar-refractivity contribution in [2.24, 2.45) is 0 Å². The van der Waals surface area contributed by atoms with E-state index in [-0.39, 0.29) is 5.82 Å². The molecule has 2 aromatic rings. The molecule has 3 rings (SSSR count). The van der Waals surface area contributed by atoms with Crippen LogP contribution in [0, 0.1) is 5.82 Å². The molecule has 1 aliphatic rings. The molecule has 2 nitrogen and oxygen atoms in total. The van der Waals surface area contributed by atoms with Gasteiger partial charge in [0.1, 0.15) is 5.82 Å². The Labute approximate surface area is 81.0 Å². The van der Waals surface area contributed by atoms with E-state index < -0.39 is 0 Å². The van der Waals surface area contributed by atoms with Crippen LogP contribution in [0.15, 0.2) is 30.5 Å². The van der Waals surface area contributed by atoms with Crippen LogP contribution in [0.2, 0.25) is 0 Å². The Hall–Kier alpha value is -1.64. The second-order valence-corrected chi connectivity index (χ2v) is 3.46. The lowest BCUT2D eigenvalue weighted by Gasteiger charge is -2.18. The summed E-state index contributed by atoms with van der Waals surface area (Å²) in [5, 5.41) is 4.15. The van der Waals surface area contributed by atoms with E-state index in [0.29, 0.717) is 0 Å². The number of aryl methyl sites for hydroxylation is 2. The highest BCUT2D eigenvalue weighted by Crippen LogP contribution is 2.30. The molecule has 0 fully saturated rings. The summed E-state index contributed by atoms with van der Waals surface area (Å²) in [4.78, 5) is 0. The van der Waals surface area contributed by atoms with Crippen molar-refractivity contribution in [2.45, 2.75) is 13.0 Å². The summed E-state index contributed by atoms with van der Waals surface area (Å²) in [5.41, 5.74) is 2.69. The standard InChI is InChI=1S/C11H9FN2/c12-9-3-1-2-8-5-7-14-10(11(8)9)4-6-13-14/h1-4,6H,5,7H2. The van der Waals surface area contributed by atoms with E-state index in [2.05, 4.69) is 5.10 Å². The molecule has 0 bridgehead atoms. The number of halogens is 1. The number of benzene rings is 1. The molecular formula is C11H9FN2. The Morgan fingerprint density at radius 2 is 2.21 bits per heavy atom. The first-order valence-electron chi connectivity index (χ1n) is 4.66. The Bertz CT molecular complexity index is 488. The molecule has 1 aliphatic heterocycles. The minimum atomic E-state index is -0.149. The highest BCUT2D eigenvalue weighted by atomic mass is 19.1. The molecule has 0 spiro atoms. The summed E-state index contributed by atoms with van der Waals surface area (Å²) in [6.07, 6.45) is 2.58. The third-order valence-electron chi connectivity index (χ3n) is 2.67. The van der Waals surface area contributed by atoms with Gasteiger partial charge in [-0.3, -0.25) is 4.68 Å². The zero-order chi connectivity index (χ0) is 9.54. The minimum Gasteiger partial charge on any atom is -0.264 e. The molecule has 0 N–H and O–H groups in total. The smallest absolute Gasteiger partial charge is 0.132 e. The summed E-state index contributed by atoms with van der Waals surface area (Å²) in [6, 6.07) is 7.11. The minimum absolute atomic E-state index is 0.149. The van der Waals surface area contributed by atoms with Gasteiger partial charge >= 0.3 is 0 Å². The number of aromatic nitrogens is 2. The highest BCUT2D eigenvalue weighted by molar-refractivity contribution is 5.66. The Morgan fingerprint density at radius 1 is 1.29 bits per heavy atom. The topological polar surface area (TPSA) is 17.8 Å². The Balaban J connectivity index is 2.34. The number of hydrogen-bond acceptors (Lipinski definition) is 1. The first-order chi connectivity index (χ1) is 6.86. The summed E-state index contributed by atoms with van der Waals surface area (Å²) >= 11 is 0. The quantitative estimate of drug-likeness (QED) is 0.620. The van der Waals surface area contributed by atoms with Crippen LogP contribution in [0.1, 0.15) is 5.56 Å². The first-order valence-corrected chi connectivity index (χ1v) is 4.66. The van der Waals surface area contributed by atoms with Gasteiger partial charge in [-0.25, -0.2) is 4.39 Å². The van der Waals surface area contributed by atoms with Crippen molar-refractivity contribution in [1.29, 1.82) is 0 Å². The van der Waals surface area contributed by atoms with Gasteiger partial charge in [0, 0.05) is 18.3 Å². The largest absolute Gasteiger partial charge is 0.264 e. The fourth-order valence-electron chi connectivity index (χ4n) is 2.01. The van der Waals surface area contributed by atoms with Crippen LogP contribution in [-0.4, -0.2) is 9.78 Å². The maximum atomic E-state index is 13.6. The van der Waals surface area contributed by atoms with Crippen LogP contribution in [0.3, 0.4) is 0 Å². The van der Waals surface area contributed by atoms with Crippen molar-refractivity contribution in [3.05, 3.63) is 41.8 Å². The summed E-state index contributed by atoms with van der Waals surface area (Å²) in [6.45, 7) is 0.846. The van der Waals surface area contributed by atoms with Gasteiger partial charge in [0.05, 0.1) is 5.69 Å². The van der Waals surface area contributed by atoms with E-state index in [0.717, 1.165) is 29.8 Å². The van der Waals surface area contributed by atoms with Gasteiger partial charge < -0.3 is 0 Å². The van der Waals surface area contributed by atoms with Gasteiger partial charge in [-0.1, -0.05) is 12.1 Å². The molecule has 0 radical (unpaired) electrons. The lowest BCUT2D eigenvalue weighted by Crippen LogP contribution is -2.12. The fraction of sp³-hybridized carbons (Fsp3) is 0.182. The van der Waals surface area contributed by atoms with Crippen LogP contribution in [0.5, 0.6) is 0 Å². The number of fused-ring (bicyclic) bond motifs is 3. The van der Waals surface area contributed by atoms with Gasteiger partial charge in [0.15, 0.2) is 0 Å². The average molecular weight is 188 g/mol. The van der Waals surface area contributed by atoms with Crippen LogP contribution in [0.4, 0.5) is 4.39 Å². The molecule has 14 heavy (non-hydrogen) atoms. The molecule has 0 aliphatic carbocycles. The maximum absolute atomic E-state index is 13.6. The predicted molar refractivity (Wildman–Crippen MR) is 51.3 cm³/mol. The summed E-state index contributed by atoms with van der Waals surface area (Å²) in [7, 11) is 0. The SMILES string of the molecule is Fc1cccc2c1-c1ccnn1CC2. The second kappa shape index (κ2) is 2.67. The van der Waals surface area contributed by atoms with E-state index in [4.69, 9.17) is 0 Å². The second-order valence-electron chi connectivity index (χ2n) is 3.46. The van der Waals surface area contributed by atoms with Crippen LogP contribution < -0.4 is 0 Å². The third-order valence-corrected chi connectivity index (χ3v) is 2.67. The zero-order valence-corrected chi connectivity index (χ0v) is 7.57. The molecule has 3 heteroatoms. The van der Waals surface area contributed by atoms with Gasteiger partial charge in [-0.15, -0.1) is 0 Å². The molecule has 2 heterocycles. The van der Waals surface area contributed by atoms with Crippen LogP contribution in [0.25, 0.3) is 11.3 Å². The molecule has 0 atom stereocenters. The molecule has 0 saturated carbocycles. The Morgan fingerprint density at radius 3 is 3.14 bits per heavy atom. The Kier molecular flexibility index (Phi) is 1.48. The van der Waals surface area contributed by atoms with Gasteiger partial charge in [0.2, 0.25) is 0 Å².